The van der Waals surface area contributed by atoms with Gasteiger partial charge in [0.25, 0.3) is 5.91 Å². The van der Waals surface area contributed by atoms with E-state index >= 15 is 0 Å². The van der Waals surface area contributed by atoms with Crippen LogP contribution in [0, 0.1) is 18.3 Å². The topological polar surface area (TPSA) is 153 Å². The van der Waals surface area contributed by atoms with E-state index in [-0.39, 0.29) is 48.0 Å². The zero-order valence-electron chi connectivity index (χ0n) is 24.9. The Kier molecular flexibility index (Phi) is 9.58. The van der Waals surface area contributed by atoms with Gasteiger partial charge in [0, 0.05) is 36.8 Å². The van der Waals surface area contributed by atoms with Gasteiger partial charge in [-0.25, -0.2) is 4.98 Å². The first-order valence-electron chi connectivity index (χ1n) is 15.0. The maximum Gasteiger partial charge on any atom is 0.254 e. The van der Waals surface area contributed by atoms with Gasteiger partial charge in [0.2, 0.25) is 17.6 Å². The lowest BCUT2D eigenvalue weighted by atomic mass is 9.88. The molecule has 1 aromatic heterocycles. The standard InChI is InChI=1S/C32H39N7O4S/c1-3-22(17-23-7-5-4-6-20(23)2)31(43)38-18-24-8-9-26(39(24)27(40)19-38)29(42)36-25(28(41)30-35-12-15-44-30)16-21-10-13-37(14-11-21)32(33)34/h3-7,12,15,17,21,24-26H,1,8-11,13-14,16,18-19H2,2H3,(H3,33,34)(H,36,42). The molecule has 4 N–H and O–H groups in total. The van der Waals surface area contributed by atoms with Gasteiger partial charge in [0.05, 0.1) is 12.1 Å². The number of carbonyl (C=O) groups is 4. The first kappa shape index (κ1) is 31.1. The quantitative estimate of drug-likeness (QED) is 0.129. The Hall–Kier alpha value is -4.32. The summed E-state index contributed by atoms with van der Waals surface area (Å²) in [6, 6.07) is 5.96. The van der Waals surface area contributed by atoms with Gasteiger partial charge in [0.1, 0.15) is 12.6 Å². The number of guanidine groups is 1. The Balaban J connectivity index is 1.26. The molecule has 1 aromatic carbocycles. The molecule has 2 aromatic rings. The third-order valence-corrected chi connectivity index (χ3v) is 9.69. The van der Waals surface area contributed by atoms with E-state index in [1.165, 1.54) is 22.3 Å². The number of nitrogens with one attached hydrogen (secondary N) is 2. The molecule has 0 spiro atoms. The molecule has 12 heteroatoms. The average molecular weight is 618 g/mol. The number of likely N-dealkylation sites (tertiary alicyclic amines) is 1. The number of hydrogen-bond donors (Lipinski definition) is 3. The highest BCUT2D eigenvalue weighted by molar-refractivity contribution is 7.11. The minimum atomic E-state index is -0.777. The zero-order chi connectivity index (χ0) is 31.4. The molecule has 0 radical (unpaired) electrons. The minimum absolute atomic E-state index is 0.0393. The molecule has 0 saturated carbocycles. The smallest absolute Gasteiger partial charge is 0.254 e. The largest absolute Gasteiger partial charge is 0.370 e. The van der Waals surface area contributed by atoms with Crippen molar-refractivity contribution in [1.82, 2.24) is 25.0 Å². The fourth-order valence-electron chi connectivity index (χ4n) is 6.46. The minimum Gasteiger partial charge on any atom is -0.370 e. The summed E-state index contributed by atoms with van der Waals surface area (Å²) < 4.78 is 0. The Bertz CT molecular complexity index is 1460. The number of piperidine rings is 1. The number of nitrogens with two attached hydrogens (primary N) is 1. The van der Waals surface area contributed by atoms with E-state index in [1.54, 1.807) is 27.5 Å². The molecule has 44 heavy (non-hydrogen) atoms. The summed E-state index contributed by atoms with van der Waals surface area (Å²) in [5.74, 6) is -0.949. The van der Waals surface area contributed by atoms with E-state index in [4.69, 9.17) is 11.1 Å². The number of amides is 3. The van der Waals surface area contributed by atoms with Gasteiger partial charge in [0.15, 0.2) is 11.0 Å². The lowest BCUT2D eigenvalue weighted by Gasteiger charge is -2.39. The van der Waals surface area contributed by atoms with Crippen LogP contribution in [0.2, 0.25) is 0 Å². The predicted molar refractivity (Wildman–Crippen MR) is 169 cm³/mol. The average Bonchev–Trinajstić information content (AvgIpc) is 3.71. The lowest BCUT2D eigenvalue weighted by molar-refractivity contribution is -0.149. The number of aromatic nitrogens is 1. The molecule has 3 saturated heterocycles. The Labute approximate surface area is 261 Å². The van der Waals surface area contributed by atoms with Crippen molar-refractivity contribution < 1.29 is 19.2 Å². The van der Waals surface area contributed by atoms with Crippen molar-refractivity contribution in [2.24, 2.45) is 11.7 Å². The SMILES string of the molecule is C=CC(=Cc1ccccc1C)C(=O)N1CC(=O)N2C(CCC2C(=O)NC(CC2CCN(C(=N)N)CC2)C(=O)c2nccs2)C1. The number of aryl methyl sites for hydroxylation is 1. The van der Waals surface area contributed by atoms with Crippen molar-refractivity contribution in [3.8, 4) is 0 Å². The number of fused-ring (bicyclic) bond motifs is 1. The van der Waals surface area contributed by atoms with Gasteiger partial charge in [-0.05, 0) is 62.1 Å². The van der Waals surface area contributed by atoms with E-state index in [2.05, 4.69) is 16.9 Å². The molecule has 232 valence electrons. The number of piperazine rings is 1. The molecule has 4 heterocycles. The summed E-state index contributed by atoms with van der Waals surface area (Å²) in [6.07, 6.45) is 7.84. The number of ketones is 1. The third-order valence-electron chi connectivity index (χ3n) is 8.90. The van der Waals surface area contributed by atoms with Gasteiger partial charge in [-0.1, -0.05) is 36.9 Å². The maximum atomic E-state index is 13.7. The van der Waals surface area contributed by atoms with Crippen molar-refractivity contribution in [2.75, 3.05) is 26.2 Å². The van der Waals surface area contributed by atoms with E-state index in [1.807, 2.05) is 31.2 Å². The highest BCUT2D eigenvalue weighted by atomic mass is 32.1. The molecule has 3 amide bonds. The molecular weight excluding hydrogens is 578 g/mol. The highest BCUT2D eigenvalue weighted by Gasteiger charge is 2.46. The molecule has 3 fully saturated rings. The van der Waals surface area contributed by atoms with E-state index in [0.29, 0.717) is 49.5 Å². The summed E-state index contributed by atoms with van der Waals surface area (Å²) in [4.78, 5) is 63.1. The van der Waals surface area contributed by atoms with Gasteiger partial charge >= 0.3 is 0 Å². The molecule has 3 unspecified atom stereocenters. The van der Waals surface area contributed by atoms with E-state index in [9.17, 15) is 19.2 Å². The molecule has 0 aliphatic carbocycles. The number of benzene rings is 1. The second-order valence-corrected chi connectivity index (χ2v) is 12.6. The monoisotopic (exact) mass is 617 g/mol. The second-order valence-electron chi connectivity index (χ2n) is 11.7. The first-order chi connectivity index (χ1) is 21.2. The van der Waals surface area contributed by atoms with Gasteiger partial charge in [-0.3, -0.25) is 24.6 Å². The number of Topliss-reactive ketones (excluding diaryl/α,β-unsaturated/α-hetero) is 1. The third kappa shape index (κ3) is 6.75. The van der Waals surface area contributed by atoms with Crippen LogP contribution in [0.3, 0.4) is 0 Å². The molecule has 11 nitrogen and oxygen atoms in total. The molecule has 3 aliphatic heterocycles. The van der Waals surface area contributed by atoms with Crippen LogP contribution in [-0.2, 0) is 14.4 Å². The number of carbonyl (C=O) groups excluding carboxylic acids is 4. The van der Waals surface area contributed by atoms with Gasteiger partial charge in [-0.2, -0.15) is 0 Å². The van der Waals surface area contributed by atoms with Crippen molar-refractivity contribution in [3.63, 3.8) is 0 Å². The van der Waals surface area contributed by atoms with Gasteiger partial charge < -0.3 is 25.8 Å². The fraction of sp³-hybridized carbons (Fsp3) is 0.438. The van der Waals surface area contributed by atoms with E-state index < -0.39 is 12.1 Å². The van der Waals surface area contributed by atoms with Crippen LogP contribution in [0.5, 0.6) is 0 Å². The summed E-state index contributed by atoms with van der Waals surface area (Å²) in [5.41, 5.74) is 7.98. The second kappa shape index (κ2) is 13.5. The van der Waals surface area contributed by atoms with Crippen LogP contribution in [-0.4, -0.2) is 93.5 Å². The van der Waals surface area contributed by atoms with Crippen LogP contribution >= 0.6 is 11.3 Å². The van der Waals surface area contributed by atoms with Crippen molar-refractivity contribution in [3.05, 3.63) is 70.2 Å². The highest BCUT2D eigenvalue weighted by Crippen LogP contribution is 2.30. The normalized spacial score (nSPS) is 21.5. The molecular formula is C32H39N7O4S. The van der Waals surface area contributed by atoms with Crippen LogP contribution in [0.25, 0.3) is 6.08 Å². The lowest BCUT2D eigenvalue weighted by Crippen LogP contribution is -2.60. The zero-order valence-corrected chi connectivity index (χ0v) is 25.7. The van der Waals surface area contributed by atoms with Crippen molar-refractivity contribution in [1.29, 1.82) is 5.41 Å². The number of nitrogens with zero attached hydrogens (tertiary/aromatic N) is 4. The molecule has 0 bridgehead atoms. The molecule has 3 aliphatic rings. The summed E-state index contributed by atoms with van der Waals surface area (Å²) >= 11 is 1.23. The van der Waals surface area contributed by atoms with Crippen LogP contribution in [0.15, 0.2) is 54.1 Å². The molecule has 5 rings (SSSR count). The first-order valence-corrected chi connectivity index (χ1v) is 15.9. The van der Waals surface area contributed by atoms with Crippen LogP contribution in [0.1, 0.15) is 53.0 Å². The summed E-state index contributed by atoms with van der Waals surface area (Å²) in [5, 5.41) is 12.7. The Morgan fingerprint density at radius 1 is 1.18 bits per heavy atom. The maximum absolute atomic E-state index is 13.7. The fourth-order valence-corrected chi connectivity index (χ4v) is 7.09. The van der Waals surface area contributed by atoms with Crippen LogP contribution < -0.4 is 11.1 Å². The van der Waals surface area contributed by atoms with E-state index in [0.717, 1.165) is 24.0 Å². The van der Waals surface area contributed by atoms with Crippen molar-refractivity contribution in [2.45, 2.75) is 57.2 Å². The summed E-state index contributed by atoms with van der Waals surface area (Å²) in [6.45, 7) is 7.24. The number of hydrogen-bond acceptors (Lipinski definition) is 7. The Morgan fingerprint density at radius 3 is 2.59 bits per heavy atom. The van der Waals surface area contributed by atoms with Crippen molar-refractivity contribution >= 4 is 46.9 Å². The summed E-state index contributed by atoms with van der Waals surface area (Å²) in [7, 11) is 0. The van der Waals surface area contributed by atoms with Crippen LogP contribution in [0.4, 0.5) is 0 Å². The predicted octanol–water partition coefficient (Wildman–Crippen LogP) is 2.59. The molecule has 3 atom stereocenters. The number of rotatable bonds is 9. The number of thiazole rings is 1. The van der Waals surface area contributed by atoms with Gasteiger partial charge in [-0.15, -0.1) is 11.3 Å². The Morgan fingerprint density at radius 2 is 1.93 bits per heavy atom.